The molecule has 0 N–H and O–H groups in total. The molecule has 12 rings (SSSR count). The summed E-state index contributed by atoms with van der Waals surface area (Å²) in [4.78, 5) is 2.37. The molecule has 2 nitrogen and oxygen atoms in total. The van der Waals surface area contributed by atoms with Gasteiger partial charge in [-0.15, -0.1) is 0 Å². The minimum atomic E-state index is 1.08. The minimum absolute atomic E-state index is 1.08. The topological polar surface area (TPSA) is 8.17 Å². The molecule has 11 aromatic carbocycles. The first-order valence-electron chi connectivity index (χ1n) is 22.7. The Bertz CT molecular complexity index is 3600. The lowest BCUT2D eigenvalue weighted by Crippen LogP contribution is -2.09. The number of hydrogen-bond acceptors (Lipinski definition) is 1. The Kier molecular flexibility index (Phi) is 9.89. The Labute approximate surface area is 385 Å². The second kappa shape index (κ2) is 16.8. The first-order chi connectivity index (χ1) is 32.7. The van der Waals surface area contributed by atoms with E-state index in [1.54, 1.807) is 0 Å². The fraction of sp³-hybridized carbons (Fsp3) is 0. The van der Waals surface area contributed by atoms with Gasteiger partial charge in [0, 0.05) is 33.4 Å². The molecule has 0 aliphatic carbocycles. The summed E-state index contributed by atoms with van der Waals surface area (Å²) in [6.07, 6.45) is 0. The van der Waals surface area contributed by atoms with E-state index in [9.17, 15) is 0 Å². The average Bonchev–Trinajstić information content (AvgIpc) is 3.74. The van der Waals surface area contributed by atoms with Gasteiger partial charge in [0.15, 0.2) is 0 Å². The van der Waals surface area contributed by atoms with Crippen molar-refractivity contribution in [2.75, 3.05) is 4.90 Å². The summed E-state index contributed by atoms with van der Waals surface area (Å²) in [7, 11) is 0. The van der Waals surface area contributed by atoms with Gasteiger partial charge in [-0.25, -0.2) is 0 Å². The van der Waals surface area contributed by atoms with Crippen LogP contribution < -0.4 is 4.90 Å². The number of para-hydroxylation sites is 3. The first kappa shape index (κ1) is 38.9. The van der Waals surface area contributed by atoms with E-state index in [-0.39, 0.29) is 0 Å². The number of hydrogen-bond donors (Lipinski definition) is 0. The highest BCUT2D eigenvalue weighted by atomic mass is 15.1. The lowest BCUT2D eigenvalue weighted by molar-refractivity contribution is 1.18. The number of benzene rings is 11. The van der Waals surface area contributed by atoms with E-state index in [1.165, 1.54) is 82.6 Å². The van der Waals surface area contributed by atoms with Crippen molar-refractivity contribution in [1.82, 2.24) is 4.57 Å². The summed E-state index contributed by atoms with van der Waals surface area (Å²) in [6, 6.07) is 96.8. The van der Waals surface area contributed by atoms with Crippen LogP contribution in [0.25, 0.3) is 93.9 Å². The van der Waals surface area contributed by atoms with Gasteiger partial charge in [-0.2, -0.15) is 0 Å². The Hall–Kier alpha value is -8.72. The molecule has 0 spiro atoms. The zero-order valence-corrected chi connectivity index (χ0v) is 36.3. The van der Waals surface area contributed by atoms with E-state index in [2.05, 4.69) is 276 Å². The van der Waals surface area contributed by atoms with Crippen molar-refractivity contribution in [1.29, 1.82) is 0 Å². The van der Waals surface area contributed by atoms with Crippen LogP contribution in [-0.4, -0.2) is 4.57 Å². The highest BCUT2D eigenvalue weighted by Gasteiger charge is 2.18. The van der Waals surface area contributed by atoms with Gasteiger partial charge in [0.05, 0.1) is 16.7 Å². The van der Waals surface area contributed by atoms with Crippen molar-refractivity contribution in [3.63, 3.8) is 0 Å². The van der Waals surface area contributed by atoms with E-state index in [4.69, 9.17) is 0 Å². The largest absolute Gasteiger partial charge is 0.311 e. The Morgan fingerprint density at radius 1 is 0.242 bits per heavy atom. The van der Waals surface area contributed by atoms with Crippen molar-refractivity contribution in [3.8, 4) is 61.3 Å². The number of aromatic nitrogens is 1. The number of nitrogens with zero attached hydrogens (tertiary/aromatic N) is 2. The summed E-state index contributed by atoms with van der Waals surface area (Å²) >= 11 is 0. The van der Waals surface area contributed by atoms with Crippen molar-refractivity contribution in [3.05, 3.63) is 267 Å². The Morgan fingerprint density at radius 3 is 1.29 bits per heavy atom. The van der Waals surface area contributed by atoms with Gasteiger partial charge in [0.25, 0.3) is 0 Å². The van der Waals surface area contributed by atoms with Gasteiger partial charge >= 0.3 is 0 Å². The SMILES string of the molecule is c1ccc(-c2ccc(-c3ccc(N(c4ccc(-c5ccccc5-n5c6ccccc6c6ccccc65)cc4)c4ccc(-c5cccc6ccccc56)cc4)cc3)cc2-c2ccccc2)cc1. The van der Waals surface area contributed by atoms with Gasteiger partial charge in [-0.05, 0) is 122 Å². The molecule has 0 atom stereocenters. The molecule has 1 aromatic heterocycles. The minimum Gasteiger partial charge on any atom is -0.311 e. The third-order valence-corrected chi connectivity index (χ3v) is 13.0. The number of rotatable bonds is 9. The van der Waals surface area contributed by atoms with Crippen LogP contribution >= 0.6 is 0 Å². The van der Waals surface area contributed by atoms with Crippen LogP contribution in [0.5, 0.6) is 0 Å². The molecule has 0 amide bonds. The maximum Gasteiger partial charge on any atom is 0.0541 e. The molecule has 0 aliphatic heterocycles. The van der Waals surface area contributed by atoms with Crippen LogP contribution in [0.1, 0.15) is 0 Å². The molecule has 310 valence electrons. The van der Waals surface area contributed by atoms with Crippen molar-refractivity contribution >= 4 is 49.6 Å². The fourth-order valence-electron chi connectivity index (χ4n) is 9.85. The summed E-state index contributed by atoms with van der Waals surface area (Å²) in [5.41, 5.74) is 18.8. The third kappa shape index (κ3) is 7.02. The lowest BCUT2D eigenvalue weighted by Gasteiger charge is -2.26. The standard InChI is InChI=1S/C64H44N2/c1-3-16-46(17-4-1)57-43-36-51(44-61(57)48-18-5-2-6-19-48)45-30-37-52(38-31-45)65(53-39-32-49(33-40-53)56-26-15-21-47-20-7-8-22-55(47)56)54-41-34-50(35-42-54)58-23-9-12-27-62(58)66-63-28-13-10-24-59(63)60-25-11-14-29-64(60)66/h1-44H. The van der Waals surface area contributed by atoms with E-state index >= 15 is 0 Å². The molecule has 0 aliphatic rings. The molecule has 0 unspecified atom stereocenters. The van der Waals surface area contributed by atoms with Crippen LogP contribution in [0.4, 0.5) is 17.1 Å². The van der Waals surface area contributed by atoms with Gasteiger partial charge in [0.2, 0.25) is 0 Å². The van der Waals surface area contributed by atoms with Crippen molar-refractivity contribution < 1.29 is 0 Å². The predicted molar refractivity (Wildman–Crippen MR) is 280 cm³/mol. The van der Waals surface area contributed by atoms with Crippen molar-refractivity contribution in [2.45, 2.75) is 0 Å². The molecule has 0 bridgehead atoms. The average molecular weight is 841 g/mol. The van der Waals surface area contributed by atoms with Gasteiger partial charge in [0.1, 0.15) is 0 Å². The van der Waals surface area contributed by atoms with Gasteiger partial charge in [-0.1, -0.05) is 206 Å². The fourth-order valence-corrected chi connectivity index (χ4v) is 9.85. The van der Waals surface area contributed by atoms with E-state index < -0.39 is 0 Å². The molecular weight excluding hydrogens is 797 g/mol. The second-order valence-electron chi connectivity index (χ2n) is 16.9. The van der Waals surface area contributed by atoms with Crippen LogP contribution in [0.15, 0.2) is 267 Å². The second-order valence-corrected chi connectivity index (χ2v) is 16.9. The molecule has 0 fully saturated rings. The normalized spacial score (nSPS) is 11.3. The van der Waals surface area contributed by atoms with E-state index in [1.807, 2.05) is 0 Å². The molecule has 0 saturated carbocycles. The van der Waals surface area contributed by atoms with Crippen LogP contribution in [0.3, 0.4) is 0 Å². The van der Waals surface area contributed by atoms with Crippen LogP contribution in [-0.2, 0) is 0 Å². The summed E-state index contributed by atoms with van der Waals surface area (Å²) in [5, 5.41) is 5.01. The van der Waals surface area contributed by atoms with Crippen LogP contribution in [0.2, 0.25) is 0 Å². The highest BCUT2D eigenvalue weighted by Crippen LogP contribution is 2.42. The molecule has 1 heterocycles. The van der Waals surface area contributed by atoms with E-state index in [0.717, 1.165) is 28.3 Å². The first-order valence-corrected chi connectivity index (χ1v) is 22.7. The van der Waals surface area contributed by atoms with Gasteiger partial charge in [-0.3, -0.25) is 0 Å². The quantitative estimate of drug-likeness (QED) is 0.141. The molecule has 66 heavy (non-hydrogen) atoms. The maximum absolute atomic E-state index is 2.41. The zero-order valence-electron chi connectivity index (χ0n) is 36.3. The molecular formula is C64H44N2. The Balaban J connectivity index is 0.944. The number of anilines is 3. The zero-order chi connectivity index (χ0) is 43.8. The monoisotopic (exact) mass is 840 g/mol. The lowest BCUT2D eigenvalue weighted by atomic mass is 9.91. The summed E-state index contributed by atoms with van der Waals surface area (Å²) in [6.45, 7) is 0. The predicted octanol–water partition coefficient (Wildman–Crippen LogP) is 17.7. The molecule has 0 saturated heterocycles. The molecule has 12 aromatic rings. The molecule has 0 radical (unpaired) electrons. The smallest absolute Gasteiger partial charge is 0.0541 e. The maximum atomic E-state index is 2.41. The van der Waals surface area contributed by atoms with Gasteiger partial charge < -0.3 is 9.47 Å². The highest BCUT2D eigenvalue weighted by molar-refractivity contribution is 6.09. The Morgan fingerprint density at radius 2 is 0.667 bits per heavy atom. The summed E-state index contributed by atoms with van der Waals surface area (Å²) in [5.74, 6) is 0. The van der Waals surface area contributed by atoms with E-state index in [0.29, 0.717) is 0 Å². The third-order valence-electron chi connectivity index (χ3n) is 13.0. The van der Waals surface area contributed by atoms with Crippen LogP contribution in [0, 0.1) is 0 Å². The van der Waals surface area contributed by atoms with Crippen molar-refractivity contribution in [2.24, 2.45) is 0 Å². The molecule has 2 heteroatoms. The number of fused-ring (bicyclic) bond motifs is 4. The summed E-state index contributed by atoms with van der Waals surface area (Å²) < 4.78 is 2.41.